The Labute approximate surface area is 162 Å². The van der Waals surface area contributed by atoms with E-state index in [0.717, 1.165) is 15.6 Å². The van der Waals surface area contributed by atoms with E-state index < -0.39 is 5.91 Å². The molecule has 0 aliphatic heterocycles. The van der Waals surface area contributed by atoms with Crippen molar-refractivity contribution in [2.45, 2.75) is 33.1 Å². The number of benzene rings is 2. The largest absolute Gasteiger partial charge is 0.483 e. The molecule has 0 aromatic heterocycles. The zero-order valence-electron chi connectivity index (χ0n) is 15.4. The first-order valence-corrected chi connectivity index (χ1v) is 9.05. The van der Waals surface area contributed by atoms with Crippen LogP contribution in [0.2, 0.25) is 0 Å². The summed E-state index contributed by atoms with van der Waals surface area (Å²) in [5.74, 6) is -0.161. The van der Waals surface area contributed by atoms with Crippen LogP contribution in [0.3, 0.4) is 0 Å². The quantitative estimate of drug-likeness (QED) is 0.739. The van der Waals surface area contributed by atoms with Crippen molar-refractivity contribution in [3.8, 4) is 5.75 Å². The molecule has 5 nitrogen and oxygen atoms in total. The lowest BCUT2D eigenvalue weighted by atomic mass is 9.86. The molecule has 0 aliphatic rings. The molecule has 2 aromatic carbocycles. The van der Waals surface area contributed by atoms with Crippen molar-refractivity contribution in [1.29, 1.82) is 0 Å². The summed E-state index contributed by atoms with van der Waals surface area (Å²) < 4.78 is 6.61. The smallest absolute Gasteiger partial charge is 0.276 e. The summed E-state index contributed by atoms with van der Waals surface area (Å²) in [4.78, 5) is 24.1. The van der Waals surface area contributed by atoms with Gasteiger partial charge in [0, 0.05) is 15.6 Å². The van der Waals surface area contributed by atoms with Crippen LogP contribution in [0, 0.1) is 6.92 Å². The van der Waals surface area contributed by atoms with E-state index in [1.165, 1.54) is 0 Å². The Kier molecular flexibility index (Phi) is 6.42. The molecule has 2 amide bonds. The second-order valence-corrected chi connectivity index (χ2v) is 7.91. The minimum Gasteiger partial charge on any atom is -0.483 e. The lowest BCUT2D eigenvalue weighted by molar-refractivity contribution is -0.123. The molecule has 2 rings (SSSR count). The van der Waals surface area contributed by atoms with Crippen LogP contribution in [0.15, 0.2) is 46.9 Å². The van der Waals surface area contributed by atoms with E-state index in [2.05, 4.69) is 47.6 Å². The van der Waals surface area contributed by atoms with E-state index in [4.69, 9.17) is 4.74 Å². The van der Waals surface area contributed by atoms with Crippen LogP contribution in [0.5, 0.6) is 5.75 Å². The molecule has 0 bridgehead atoms. The summed E-state index contributed by atoms with van der Waals surface area (Å²) in [5.41, 5.74) is 6.98. The van der Waals surface area contributed by atoms with Gasteiger partial charge >= 0.3 is 0 Å². The number of hydrazine groups is 1. The third-order valence-electron chi connectivity index (χ3n) is 3.81. The molecule has 0 atom stereocenters. The molecule has 0 aliphatic carbocycles. The van der Waals surface area contributed by atoms with Crippen molar-refractivity contribution in [3.63, 3.8) is 0 Å². The number of hydrogen-bond donors (Lipinski definition) is 2. The van der Waals surface area contributed by atoms with E-state index >= 15 is 0 Å². The highest BCUT2D eigenvalue weighted by Gasteiger charge is 2.20. The highest BCUT2D eigenvalue weighted by molar-refractivity contribution is 9.10. The van der Waals surface area contributed by atoms with Crippen LogP contribution in [0.1, 0.15) is 42.3 Å². The molecule has 0 unspecified atom stereocenters. The SMILES string of the molecule is Cc1ccccc1C(=O)NNC(=O)COc1ccc(Br)cc1C(C)(C)C. The predicted molar refractivity (Wildman–Crippen MR) is 105 cm³/mol. The normalized spacial score (nSPS) is 11.0. The number of carbonyl (C=O) groups is 2. The summed E-state index contributed by atoms with van der Waals surface area (Å²) in [6, 6.07) is 12.8. The molecule has 138 valence electrons. The lowest BCUT2D eigenvalue weighted by Crippen LogP contribution is -2.44. The molecule has 0 fully saturated rings. The monoisotopic (exact) mass is 418 g/mol. The van der Waals surface area contributed by atoms with Crippen molar-refractivity contribution in [2.24, 2.45) is 0 Å². The van der Waals surface area contributed by atoms with Crippen LogP contribution >= 0.6 is 15.9 Å². The molecular formula is C20H23BrN2O3. The molecule has 0 spiro atoms. The number of hydrogen-bond acceptors (Lipinski definition) is 3. The highest BCUT2D eigenvalue weighted by atomic mass is 79.9. The number of nitrogens with one attached hydrogen (secondary N) is 2. The molecule has 0 radical (unpaired) electrons. The van der Waals surface area contributed by atoms with E-state index in [9.17, 15) is 9.59 Å². The van der Waals surface area contributed by atoms with Gasteiger partial charge in [-0.05, 0) is 42.2 Å². The molecule has 2 aromatic rings. The van der Waals surface area contributed by atoms with Gasteiger partial charge in [0.15, 0.2) is 6.61 Å². The first-order chi connectivity index (χ1) is 12.2. The fourth-order valence-corrected chi connectivity index (χ4v) is 2.78. The van der Waals surface area contributed by atoms with Crippen molar-refractivity contribution in [3.05, 3.63) is 63.6 Å². The minimum atomic E-state index is -0.435. The second-order valence-electron chi connectivity index (χ2n) is 7.00. The Balaban J connectivity index is 1.94. The van der Waals surface area contributed by atoms with Gasteiger partial charge in [-0.3, -0.25) is 20.4 Å². The van der Waals surface area contributed by atoms with Gasteiger partial charge < -0.3 is 4.74 Å². The second kappa shape index (κ2) is 8.36. The Bertz CT molecular complexity index is 813. The molecule has 0 saturated heterocycles. The topological polar surface area (TPSA) is 67.4 Å². The average molecular weight is 419 g/mol. The lowest BCUT2D eigenvalue weighted by Gasteiger charge is -2.23. The fourth-order valence-electron chi connectivity index (χ4n) is 2.42. The third kappa shape index (κ3) is 5.33. The van der Waals surface area contributed by atoms with Crippen molar-refractivity contribution >= 4 is 27.7 Å². The number of rotatable bonds is 4. The van der Waals surface area contributed by atoms with Crippen molar-refractivity contribution in [2.75, 3.05) is 6.61 Å². The van der Waals surface area contributed by atoms with E-state index in [1.807, 2.05) is 37.3 Å². The maximum absolute atomic E-state index is 12.1. The van der Waals surface area contributed by atoms with Crippen LogP contribution in [0.25, 0.3) is 0 Å². The van der Waals surface area contributed by atoms with Gasteiger partial charge in [0.05, 0.1) is 0 Å². The van der Waals surface area contributed by atoms with Gasteiger partial charge in [-0.15, -0.1) is 0 Å². The summed E-state index contributed by atoms with van der Waals surface area (Å²) in [6.07, 6.45) is 0. The van der Waals surface area contributed by atoms with E-state index in [1.54, 1.807) is 12.1 Å². The Morgan fingerprint density at radius 3 is 2.42 bits per heavy atom. The first kappa shape index (κ1) is 20.0. The van der Waals surface area contributed by atoms with Crippen LogP contribution in [-0.2, 0) is 10.2 Å². The van der Waals surface area contributed by atoms with Crippen molar-refractivity contribution in [1.82, 2.24) is 10.9 Å². The Morgan fingerprint density at radius 2 is 1.77 bits per heavy atom. The standard InChI is InChI=1S/C20H23BrN2O3/c1-13-7-5-6-8-15(13)19(25)23-22-18(24)12-26-17-10-9-14(21)11-16(17)20(2,3)4/h5-11H,12H2,1-4H3,(H,22,24)(H,23,25). The maximum Gasteiger partial charge on any atom is 0.276 e. The zero-order valence-corrected chi connectivity index (χ0v) is 16.9. The van der Waals surface area contributed by atoms with E-state index in [0.29, 0.717) is 11.3 Å². The number of amides is 2. The summed E-state index contributed by atoms with van der Waals surface area (Å²) in [7, 11) is 0. The summed E-state index contributed by atoms with van der Waals surface area (Å²) in [6.45, 7) is 7.86. The van der Waals surface area contributed by atoms with Gasteiger partial charge in [-0.25, -0.2) is 0 Å². The summed E-state index contributed by atoms with van der Waals surface area (Å²) in [5, 5.41) is 0. The molecule has 26 heavy (non-hydrogen) atoms. The number of aryl methyl sites for hydroxylation is 1. The van der Waals surface area contributed by atoms with Gasteiger partial charge in [0.1, 0.15) is 5.75 Å². The third-order valence-corrected chi connectivity index (χ3v) is 4.31. The molecule has 6 heteroatoms. The molecular weight excluding hydrogens is 396 g/mol. The summed E-state index contributed by atoms with van der Waals surface area (Å²) >= 11 is 3.46. The van der Waals surface area contributed by atoms with Crippen LogP contribution in [-0.4, -0.2) is 18.4 Å². The number of carbonyl (C=O) groups excluding carboxylic acids is 2. The predicted octanol–water partition coefficient (Wildman–Crippen LogP) is 3.90. The number of halogens is 1. The highest BCUT2D eigenvalue weighted by Crippen LogP contribution is 2.33. The fraction of sp³-hybridized carbons (Fsp3) is 0.300. The zero-order chi connectivity index (χ0) is 19.3. The van der Waals surface area contributed by atoms with Gasteiger partial charge in [0.25, 0.3) is 11.8 Å². The van der Waals surface area contributed by atoms with E-state index in [-0.39, 0.29) is 17.9 Å². The van der Waals surface area contributed by atoms with Gasteiger partial charge in [-0.1, -0.05) is 54.9 Å². The van der Waals surface area contributed by atoms with Crippen molar-refractivity contribution < 1.29 is 14.3 Å². The molecule has 2 N–H and O–H groups in total. The maximum atomic E-state index is 12.1. The minimum absolute atomic E-state index is 0.130. The molecule has 0 heterocycles. The first-order valence-electron chi connectivity index (χ1n) is 8.26. The Morgan fingerprint density at radius 1 is 1.08 bits per heavy atom. The number of ether oxygens (including phenoxy) is 1. The van der Waals surface area contributed by atoms with Gasteiger partial charge in [0.2, 0.25) is 0 Å². The van der Waals surface area contributed by atoms with Crippen LogP contribution in [0.4, 0.5) is 0 Å². The molecule has 0 saturated carbocycles. The van der Waals surface area contributed by atoms with Crippen LogP contribution < -0.4 is 15.6 Å². The average Bonchev–Trinajstić information content (AvgIpc) is 2.58. The Hall–Kier alpha value is -2.34. The van der Waals surface area contributed by atoms with Gasteiger partial charge in [-0.2, -0.15) is 0 Å².